The van der Waals surface area contributed by atoms with E-state index in [0.29, 0.717) is 12.1 Å². The molecular formula is C20H29NO5. The molecule has 0 fully saturated rings. The van der Waals surface area contributed by atoms with Gasteiger partial charge in [-0.2, -0.15) is 0 Å². The molecule has 0 aromatic heterocycles. The lowest BCUT2D eigenvalue weighted by molar-refractivity contribution is -0.134. The Labute approximate surface area is 155 Å². The van der Waals surface area contributed by atoms with Gasteiger partial charge in [0.1, 0.15) is 0 Å². The highest BCUT2D eigenvalue weighted by Crippen LogP contribution is 2.29. The topological polar surface area (TPSA) is 81.7 Å². The Morgan fingerprint density at radius 2 is 1.50 bits per heavy atom. The SMILES string of the molecule is CCCCCCCCNC(=O)Cc1ccc(OC(C)=O)c(OC(C)=O)c1. The van der Waals surface area contributed by atoms with Crippen molar-refractivity contribution < 1.29 is 23.9 Å². The minimum Gasteiger partial charge on any atom is -0.423 e. The number of amides is 1. The van der Waals surface area contributed by atoms with Crippen LogP contribution in [-0.2, 0) is 20.8 Å². The molecule has 1 aromatic rings. The number of ether oxygens (including phenoxy) is 2. The van der Waals surface area contributed by atoms with Crippen molar-refractivity contribution in [1.29, 1.82) is 0 Å². The van der Waals surface area contributed by atoms with Crippen molar-refractivity contribution in [2.75, 3.05) is 6.54 Å². The van der Waals surface area contributed by atoms with E-state index >= 15 is 0 Å². The second-order valence-electron chi connectivity index (χ2n) is 6.26. The van der Waals surface area contributed by atoms with Gasteiger partial charge in [-0.3, -0.25) is 14.4 Å². The van der Waals surface area contributed by atoms with Gasteiger partial charge in [0, 0.05) is 20.4 Å². The Kier molecular flexibility index (Phi) is 10.1. The molecule has 0 heterocycles. The third-order valence-corrected chi connectivity index (χ3v) is 3.73. The van der Waals surface area contributed by atoms with E-state index in [1.807, 2.05) is 0 Å². The van der Waals surface area contributed by atoms with Gasteiger partial charge in [0.25, 0.3) is 0 Å². The van der Waals surface area contributed by atoms with E-state index in [4.69, 9.17) is 9.47 Å². The van der Waals surface area contributed by atoms with Crippen molar-refractivity contribution >= 4 is 17.8 Å². The minimum atomic E-state index is -0.525. The van der Waals surface area contributed by atoms with Crippen LogP contribution in [0.15, 0.2) is 18.2 Å². The van der Waals surface area contributed by atoms with Gasteiger partial charge in [-0.05, 0) is 24.1 Å². The van der Waals surface area contributed by atoms with E-state index in [9.17, 15) is 14.4 Å². The summed E-state index contributed by atoms with van der Waals surface area (Å²) in [5, 5.41) is 2.90. The minimum absolute atomic E-state index is 0.0902. The van der Waals surface area contributed by atoms with Crippen LogP contribution in [0.4, 0.5) is 0 Å². The molecule has 0 aliphatic carbocycles. The predicted molar refractivity (Wildman–Crippen MR) is 99.1 cm³/mol. The van der Waals surface area contributed by atoms with E-state index in [-0.39, 0.29) is 23.8 Å². The summed E-state index contributed by atoms with van der Waals surface area (Å²) < 4.78 is 10.1. The lowest BCUT2D eigenvalue weighted by Gasteiger charge is -2.11. The highest BCUT2D eigenvalue weighted by atomic mass is 16.6. The van der Waals surface area contributed by atoms with Gasteiger partial charge >= 0.3 is 11.9 Å². The fourth-order valence-electron chi connectivity index (χ4n) is 2.52. The molecule has 0 atom stereocenters. The van der Waals surface area contributed by atoms with Crippen molar-refractivity contribution in [3.8, 4) is 11.5 Å². The van der Waals surface area contributed by atoms with Crippen molar-refractivity contribution in [2.24, 2.45) is 0 Å². The first-order chi connectivity index (χ1) is 12.4. The fraction of sp³-hybridized carbons (Fsp3) is 0.550. The number of benzene rings is 1. The second kappa shape index (κ2) is 12.1. The first-order valence-corrected chi connectivity index (χ1v) is 9.18. The molecule has 26 heavy (non-hydrogen) atoms. The normalized spacial score (nSPS) is 10.3. The molecular weight excluding hydrogens is 334 g/mol. The second-order valence-corrected chi connectivity index (χ2v) is 6.26. The van der Waals surface area contributed by atoms with E-state index in [1.165, 1.54) is 45.6 Å². The standard InChI is InChI=1S/C20H29NO5/c1-4-5-6-7-8-9-12-21-20(24)14-17-10-11-18(25-15(2)22)19(13-17)26-16(3)23/h10-11,13H,4-9,12,14H2,1-3H3,(H,21,24). The molecule has 0 aliphatic rings. The number of unbranched alkanes of at least 4 members (excludes halogenated alkanes) is 5. The van der Waals surface area contributed by atoms with E-state index < -0.39 is 11.9 Å². The van der Waals surface area contributed by atoms with Gasteiger partial charge in [-0.1, -0.05) is 45.1 Å². The first kappa shape index (κ1) is 21.7. The lowest BCUT2D eigenvalue weighted by atomic mass is 10.1. The summed E-state index contributed by atoms with van der Waals surface area (Å²) in [5.41, 5.74) is 0.678. The zero-order chi connectivity index (χ0) is 19.4. The number of rotatable bonds is 11. The quantitative estimate of drug-likeness (QED) is 0.369. The smallest absolute Gasteiger partial charge is 0.308 e. The molecule has 1 rings (SSSR count). The maximum absolute atomic E-state index is 12.0. The first-order valence-electron chi connectivity index (χ1n) is 9.18. The van der Waals surface area contributed by atoms with Crippen LogP contribution < -0.4 is 14.8 Å². The maximum Gasteiger partial charge on any atom is 0.308 e. The van der Waals surface area contributed by atoms with Gasteiger partial charge in [0.15, 0.2) is 11.5 Å². The Bertz CT molecular complexity index is 612. The molecule has 144 valence electrons. The molecule has 0 saturated carbocycles. The zero-order valence-corrected chi connectivity index (χ0v) is 15.9. The fourth-order valence-corrected chi connectivity index (χ4v) is 2.52. The van der Waals surface area contributed by atoms with E-state index in [0.717, 1.165) is 12.8 Å². The van der Waals surface area contributed by atoms with Gasteiger partial charge in [0.05, 0.1) is 6.42 Å². The summed E-state index contributed by atoms with van der Waals surface area (Å²) >= 11 is 0. The third kappa shape index (κ3) is 9.20. The monoisotopic (exact) mass is 363 g/mol. The Morgan fingerprint density at radius 1 is 0.885 bits per heavy atom. The van der Waals surface area contributed by atoms with Crippen LogP contribution in [0.25, 0.3) is 0 Å². The van der Waals surface area contributed by atoms with Crippen molar-refractivity contribution in [2.45, 2.75) is 65.7 Å². The van der Waals surface area contributed by atoms with Crippen LogP contribution in [0.3, 0.4) is 0 Å². The van der Waals surface area contributed by atoms with Crippen LogP contribution in [0.5, 0.6) is 11.5 Å². The summed E-state index contributed by atoms with van der Waals surface area (Å²) in [6.07, 6.45) is 7.20. The number of hydrogen-bond acceptors (Lipinski definition) is 5. The van der Waals surface area contributed by atoms with Crippen LogP contribution in [0.2, 0.25) is 0 Å². The zero-order valence-electron chi connectivity index (χ0n) is 15.9. The molecule has 0 saturated heterocycles. The van der Waals surface area contributed by atoms with Gasteiger partial charge in [0.2, 0.25) is 5.91 Å². The Balaban J connectivity index is 2.51. The van der Waals surface area contributed by atoms with Crippen LogP contribution >= 0.6 is 0 Å². The molecule has 1 amide bonds. The number of esters is 2. The van der Waals surface area contributed by atoms with Gasteiger partial charge in [-0.15, -0.1) is 0 Å². The average Bonchev–Trinajstić information content (AvgIpc) is 2.55. The Hall–Kier alpha value is -2.37. The van der Waals surface area contributed by atoms with E-state index in [2.05, 4.69) is 12.2 Å². The van der Waals surface area contributed by atoms with Crippen molar-refractivity contribution in [3.05, 3.63) is 23.8 Å². The highest BCUT2D eigenvalue weighted by molar-refractivity contribution is 5.79. The van der Waals surface area contributed by atoms with Crippen LogP contribution in [0, 0.1) is 0 Å². The molecule has 6 nitrogen and oxygen atoms in total. The van der Waals surface area contributed by atoms with Crippen molar-refractivity contribution in [1.82, 2.24) is 5.32 Å². The van der Waals surface area contributed by atoms with Crippen LogP contribution in [0.1, 0.15) is 64.9 Å². The number of carbonyl (C=O) groups excluding carboxylic acids is 3. The average molecular weight is 363 g/mol. The largest absolute Gasteiger partial charge is 0.423 e. The molecule has 6 heteroatoms. The summed E-state index contributed by atoms with van der Waals surface area (Å²) in [7, 11) is 0. The number of nitrogens with one attached hydrogen (secondary N) is 1. The highest BCUT2D eigenvalue weighted by Gasteiger charge is 2.12. The van der Waals surface area contributed by atoms with Crippen LogP contribution in [-0.4, -0.2) is 24.4 Å². The molecule has 0 radical (unpaired) electrons. The molecule has 0 spiro atoms. The molecule has 0 bridgehead atoms. The molecule has 1 N–H and O–H groups in total. The predicted octanol–water partition coefficient (Wildman–Crippen LogP) is 3.56. The third-order valence-electron chi connectivity index (χ3n) is 3.73. The molecule has 0 unspecified atom stereocenters. The summed E-state index contributed by atoms with van der Waals surface area (Å²) in [4.78, 5) is 34.4. The van der Waals surface area contributed by atoms with Crippen molar-refractivity contribution in [3.63, 3.8) is 0 Å². The molecule has 1 aromatic carbocycles. The summed E-state index contributed by atoms with van der Waals surface area (Å²) in [6.45, 7) is 5.37. The molecule has 0 aliphatic heterocycles. The Morgan fingerprint density at radius 3 is 2.15 bits per heavy atom. The van der Waals surface area contributed by atoms with Gasteiger partial charge < -0.3 is 14.8 Å². The number of hydrogen-bond donors (Lipinski definition) is 1. The number of carbonyl (C=O) groups is 3. The van der Waals surface area contributed by atoms with Gasteiger partial charge in [-0.25, -0.2) is 0 Å². The summed E-state index contributed by atoms with van der Waals surface area (Å²) in [6, 6.07) is 4.75. The van der Waals surface area contributed by atoms with E-state index in [1.54, 1.807) is 12.1 Å². The summed E-state index contributed by atoms with van der Waals surface area (Å²) in [5.74, 6) is -0.837. The lowest BCUT2D eigenvalue weighted by Crippen LogP contribution is -2.26. The maximum atomic E-state index is 12.0.